The Hall–Kier alpha value is -4.21. The van der Waals surface area contributed by atoms with Crippen molar-refractivity contribution in [3.63, 3.8) is 0 Å². The maximum Gasteiger partial charge on any atom is 0.244 e. The van der Waals surface area contributed by atoms with Gasteiger partial charge in [-0.05, 0) is 44.4 Å². The Morgan fingerprint density at radius 1 is 1.11 bits per heavy atom. The highest BCUT2D eigenvalue weighted by Crippen LogP contribution is 2.28. The summed E-state index contributed by atoms with van der Waals surface area (Å²) in [6.07, 6.45) is 3.79. The monoisotopic (exact) mass is 472 g/mol. The number of aromatic nitrogens is 5. The Labute approximate surface area is 203 Å². The van der Waals surface area contributed by atoms with Crippen LogP contribution in [0, 0.1) is 0 Å². The van der Waals surface area contributed by atoms with Crippen molar-refractivity contribution in [3.8, 4) is 5.88 Å². The maximum atomic E-state index is 12.6. The lowest BCUT2D eigenvalue weighted by molar-refractivity contribution is -0.133. The zero-order valence-corrected chi connectivity index (χ0v) is 20.0. The molecule has 0 spiro atoms. The molecule has 0 aromatic carbocycles. The number of nitrogen functional groups attached to an aromatic ring is 1. The molecule has 4 aromatic rings. The summed E-state index contributed by atoms with van der Waals surface area (Å²) in [4.78, 5) is 27.6. The number of pyridine rings is 3. The summed E-state index contributed by atoms with van der Waals surface area (Å²) in [5, 5.41) is 9.49. The number of rotatable bonds is 6. The van der Waals surface area contributed by atoms with E-state index < -0.39 is 0 Å². The van der Waals surface area contributed by atoms with Gasteiger partial charge in [-0.3, -0.25) is 9.48 Å². The topological polar surface area (TPSA) is 124 Å². The van der Waals surface area contributed by atoms with Gasteiger partial charge in [-0.2, -0.15) is 5.10 Å². The van der Waals surface area contributed by atoms with E-state index in [1.807, 2.05) is 56.0 Å². The minimum absolute atomic E-state index is 0.0785. The number of ether oxygens (including phenoxy) is 1. The SMILES string of the molecule is CC(Oc1ccccn1)c1cc2cc(Nc3cc4n(n3)CC(=O)N(C(C)C)CC4)ncc2c(N)n1. The Balaban J connectivity index is 1.37. The summed E-state index contributed by atoms with van der Waals surface area (Å²) in [5.74, 6) is 2.25. The normalized spacial score (nSPS) is 14.6. The second-order valence-electron chi connectivity index (χ2n) is 8.89. The van der Waals surface area contributed by atoms with Crippen LogP contribution in [0.15, 0.2) is 48.8 Å². The van der Waals surface area contributed by atoms with Gasteiger partial charge < -0.3 is 20.7 Å². The van der Waals surface area contributed by atoms with Crippen molar-refractivity contribution < 1.29 is 9.53 Å². The van der Waals surface area contributed by atoms with Crippen LogP contribution in [0.5, 0.6) is 5.88 Å². The highest BCUT2D eigenvalue weighted by molar-refractivity contribution is 5.92. The minimum atomic E-state index is -0.340. The average molecular weight is 473 g/mol. The van der Waals surface area contributed by atoms with Crippen LogP contribution in [0.2, 0.25) is 0 Å². The molecule has 0 bridgehead atoms. The van der Waals surface area contributed by atoms with Crippen molar-refractivity contribution in [2.24, 2.45) is 0 Å². The van der Waals surface area contributed by atoms with Crippen LogP contribution in [0.25, 0.3) is 10.8 Å². The molecule has 1 amide bonds. The first kappa shape index (κ1) is 22.6. The quantitative estimate of drug-likeness (QED) is 0.437. The molecule has 4 aromatic heterocycles. The summed E-state index contributed by atoms with van der Waals surface area (Å²) in [5.41, 5.74) is 7.93. The van der Waals surface area contributed by atoms with Crippen molar-refractivity contribution in [2.75, 3.05) is 17.6 Å². The van der Waals surface area contributed by atoms with Gasteiger partial charge in [-0.1, -0.05) is 6.07 Å². The lowest BCUT2D eigenvalue weighted by Gasteiger charge is -2.24. The van der Waals surface area contributed by atoms with Crippen LogP contribution >= 0.6 is 0 Å². The third kappa shape index (κ3) is 4.72. The molecule has 0 saturated carbocycles. The van der Waals surface area contributed by atoms with Crippen LogP contribution in [-0.4, -0.2) is 48.1 Å². The molecule has 1 unspecified atom stereocenters. The summed E-state index contributed by atoms with van der Waals surface area (Å²) >= 11 is 0. The second kappa shape index (κ2) is 9.21. The van der Waals surface area contributed by atoms with E-state index >= 15 is 0 Å². The molecule has 5 rings (SSSR count). The van der Waals surface area contributed by atoms with E-state index in [2.05, 4.69) is 25.4 Å². The summed E-state index contributed by atoms with van der Waals surface area (Å²) in [7, 11) is 0. The first-order valence-corrected chi connectivity index (χ1v) is 11.6. The summed E-state index contributed by atoms with van der Waals surface area (Å²) < 4.78 is 7.68. The molecular formula is C25H28N8O2. The molecule has 1 aliphatic rings. The molecule has 5 heterocycles. The molecule has 35 heavy (non-hydrogen) atoms. The van der Waals surface area contributed by atoms with Crippen LogP contribution in [0.1, 0.15) is 38.3 Å². The van der Waals surface area contributed by atoms with Crippen molar-refractivity contribution in [1.82, 2.24) is 29.6 Å². The van der Waals surface area contributed by atoms with Gasteiger partial charge in [0.15, 0.2) is 5.82 Å². The molecule has 0 aliphatic carbocycles. The number of carbonyl (C=O) groups is 1. The lowest BCUT2D eigenvalue weighted by atomic mass is 10.1. The third-order valence-electron chi connectivity index (χ3n) is 6.07. The lowest BCUT2D eigenvalue weighted by Crippen LogP contribution is -2.38. The summed E-state index contributed by atoms with van der Waals surface area (Å²) in [6.45, 7) is 6.89. The molecule has 1 atom stereocenters. The van der Waals surface area contributed by atoms with Crippen LogP contribution in [-0.2, 0) is 17.8 Å². The number of nitrogens with zero attached hydrogens (tertiary/aromatic N) is 6. The zero-order chi connectivity index (χ0) is 24.5. The fraction of sp³-hybridized carbons (Fsp3) is 0.320. The predicted octanol–water partition coefficient (Wildman–Crippen LogP) is 3.48. The Morgan fingerprint density at radius 3 is 2.74 bits per heavy atom. The van der Waals surface area contributed by atoms with E-state index in [0.717, 1.165) is 22.9 Å². The van der Waals surface area contributed by atoms with Crippen LogP contribution < -0.4 is 15.8 Å². The van der Waals surface area contributed by atoms with Crippen molar-refractivity contribution in [3.05, 3.63) is 60.2 Å². The third-order valence-corrected chi connectivity index (χ3v) is 6.07. The van der Waals surface area contributed by atoms with E-state index in [-0.39, 0.29) is 24.6 Å². The number of nitrogens with one attached hydrogen (secondary N) is 1. The van der Waals surface area contributed by atoms with Gasteiger partial charge in [0.2, 0.25) is 11.8 Å². The molecule has 180 valence electrons. The number of anilines is 3. The van der Waals surface area contributed by atoms with Gasteiger partial charge in [0, 0.05) is 54.6 Å². The van der Waals surface area contributed by atoms with Crippen molar-refractivity contribution >= 4 is 34.1 Å². The molecular weight excluding hydrogens is 444 g/mol. The molecule has 3 N–H and O–H groups in total. The highest BCUT2D eigenvalue weighted by Gasteiger charge is 2.24. The molecule has 1 aliphatic heterocycles. The minimum Gasteiger partial charge on any atom is -0.468 e. The number of fused-ring (bicyclic) bond motifs is 2. The Bertz CT molecular complexity index is 1370. The van der Waals surface area contributed by atoms with E-state index in [0.29, 0.717) is 35.6 Å². The second-order valence-corrected chi connectivity index (χ2v) is 8.89. The molecule has 0 radical (unpaired) electrons. The van der Waals surface area contributed by atoms with Gasteiger partial charge in [0.1, 0.15) is 24.3 Å². The van der Waals surface area contributed by atoms with Crippen molar-refractivity contribution in [1.29, 1.82) is 0 Å². The van der Waals surface area contributed by atoms with E-state index in [9.17, 15) is 4.79 Å². The Kier molecular flexibility index (Phi) is 5.94. The first-order chi connectivity index (χ1) is 16.9. The number of amides is 1. The van der Waals surface area contributed by atoms with E-state index in [1.165, 1.54) is 0 Å². The maximum absolute atomic E-state index is 12.6. The highest BCUT2D eigenvalue weighted by atomic mass is 16.5. The number of hydrogen-bond acceptors (Lipinski definition) is 8. The van der Waals surface area contributed by atoms with Gasteiger partial charge in [-0.25, -0.2) is 15.0 Å². The standard InChI is InChI=1S/C25H28N8O2/c1-15(2)32-9-7-18-12-22(31-33(18)14-24(32)34)30-21-11-17-10-20(29-25(26)19(17)13-28-21)16(3)35-23-6-4-5-8-27-23/h4-6,8,10-13,15-16H,7,9,14H2,1-3H3,(H2,26,29)(H,28,30,31). The number of nitrogens with two attached hydrogens (primary N) is 1. The molecule has 0 fully saturated rings. The smallest absolute Gasteiger partial charge is 0.244 e. The predicted molar refractivity (Wildman–Crippen MR) is 133 cm³/mol. The van der Waals surface area contributed by atoms with Gasteiger partial charge in [0.05, 0.1) is 5.69 Å². The van der Waals surface area contributed by atoms with Gasteiger partial charge >= 0.3 is 0 Å². The first-order valence-electron chi connectivity index (χ1n) is 11.6. The molecule has 0 saturated heterocycles. The van der Waals surface area contributed by atoms with Crippen LogP contribution in [0.3, 0.4) is 0 Å². The Morgan fingerprint density at radius 2 is 1.97 bits per heavy atom. The average Bonchev–Trinajstić information content (AvgIpc) is 3.12. The van der Waals surface area contributed by atoms with E-state index in [1.54, 1.807) is 23.1 Å². The largest absolute Gasteiger partial charge is 0.468 e. The number of carbonyl (C=O) groups excluding carboxylic acids is 1. The summed E-state index contributed by atoms with van der Waals surface area (Å²) in [6, 6.07) is 11.5. The zero-order valence-electron chi connectivity index (χ0n) is 20.0. The van der Waals surface area contributed by atoms with Gasteiger partial charge in [0.25, 0.3) is 0 Å². The van der Waals surface area contributed by atoms with Gasteiger partial charge in [-0.15, -0.1) is 0 Å². The van der Waals surface area contributed by atoms with E-state index in [4.69, 9.17) is 10.5 Å². The molecule has 10 nitrogen and oxygen atoms in total. The molecule has 10 heteroatoms. The number of hydrogen-bond donors (Lipinski definition) is 2. The van der Waals surface area contributed by atoms with Crippen LogP contribution in [0.4, 0.5) is 17.5 Å². The fourth-order valence-corrected chi connectivity index (χ4v) is 4.24. The van der Waals surface area contributed by atoms with Crippen molar-refractivity contribution in [2.45, 2.75) is 45.9 Å². The fourth-order valence-electron chi connectivity index (χ4n) is 4.24.